The predicted octanol–water partition coefficient (Wildman–Crippen LogP) is 4.09. The first-order chi connectivity index (χ1) is 12.1. The average molecular weight is 396 g/mol. The van der Waals surface area contributed by atoms with E-state index in [1.807, 2.05) is 13.8 Å². The number of hydrogen-bond acceptors (Lipinski definition) is 5. The van der Waals surface area contributed by atoms with Crippen LogP contribution in [0.25, 0.3) is 0 Å². The maximum absolute atomic E-state index is 12.9. The van der Waals surface area contributed by atoms with Crippen molar-refractivity contribution >= 4 is 35.0 Å². The van der Waals surface area contributed by atoms with Crippen LogP contribution in [-0.2, 0) is 19.1 Å². The first-order valence-corrected chi connectivity index (χ1v) is 8.87. The molecule has 0 saturated carbocycles. The van der Waals surface area contributed by atoms with Gasteiger partial charge in [-0.2, -0.15) is 0 Å². The third kappa shape index (κ3) is 3.21. The summed E-state index contributed by atoms with van der Waals surface area (Å²) in [6.45, 7) is 3.98. The SMILES string of the molecule is COC(=O)C1=C(N)OC2=C(C(=O)CC(C)(C)C2)C1c1ccc(Cl)c(Cl)c1. The van der Waals surface area contributed by atoms with Crippen molar-refractivity contribution in [1.82, 2.24) is 0 Å². The number of ketones is 1. The van der Waals surface area contributed by atoms with Gasteiger partial charge in [-0.3, -0.25) is 4.79 Å². The number of halogens is 2. The quantitative estimate of drug-likeness (QED) is 0.762. The molecule has 2 N–H and O–H groups in total. The highest BCUT2D eigenvalue weighted by atomic mass is 35.5. The lowest BCUT2D eigenvalue weighted by Gasteiger charge is -2.37. The first kappa shape index (κ1) is 18.8. The molecule has 1 aromatic carbocycles. The lowest BCUT2D eigenvalue weighted by Crippen LogP contribution is -2.35. The number of hydrogen-bond donors (Lipinski definition) is 1. The molecule has 3 rings (SSSR count). The Labute approximate surface area is 161 Å². The molecule has 0 spiro atoms. The van der Waals surface area contributed by atoms with Gasteiger partial charge in [0.15, 0.2) is 5.78 Å². The number of Topliss-reactive ketones (excluding diaryl/α,β-unsaturated/α-hetero) is 1. The summed E-state index contributed by atoms with van der Waals surface area (Å²) in [5.74, 6) is -1.00. The van der Waals surface area contributed by atoms with Gasteiger partial charge >= 0.3 is 5.97 Å². The standard InChI is InChI=1S/C19H19Cl2NO4/c1-19(2)7-12(23)15-13(8-19)26-17(22)16(18(24)25-3)14(15)9-4-5-10(20)11(21)6-9/h4-6,14H,7-8,22H2,1-3H3. The fraction of sp³-hybridized carbons (Fsp3) is 0.368. The zero-order valence-corrected chi connectivity index (χ0v) is 16.2. The lowest BCUT2D eigenvalue weighted by atomic mass is 9.70. The third-order valence-corrected chi connectivity index (χ3v) is 5.38. The van der Waals surface area contributed by atoms with Crippen LogP contribution in [0.15, 0.2) is 41.0 Å². The molecule has 1 aliphatic heterocycles. The van der Waals surface area contributed by atoms with E-state index in [2.05, 4.69) is 0 Å². The minimum absolute atomic E-state index is 0.0582. The number of nitrogens with two attached hydrogens (primary N) is 1. The van der Waals surface area contributed by atoms with Crippen LogP contribution in [0, 0.1) is 5.41 Å². The van der Waals surface area contributed by atoms with E-state index in [0.717, 1.165) is 0 Å². The maximum Gasteiger partial charge on any atom is 0.340 e. The van der Waals surface area contributed by atoms with Crippen LogP contribution >= 0.6 is 23.2 Å². The van der Waals surface area contributed by atoms with Crippen molar-refractivity contribution in [1.29, 1.82) is 0 Å². The first-order valence-electron chi connectivity index (χ1n) is 8.11. The van der Waals surface area contributed by atoms with Crippen molar-refractivity contribution in [3.63, 3.8) is 0 Å². The molecule has 1 aliphatic carbocycles. The van der Waals surface area contributed by atoms with Crippen LogP contribution < -0.4 is 5.73 Å². The molecular weight excluding hydrogens is 377 g/mol. The number of ether oxygens (including phenoxy) is 2. The van der Waals surface area contributed by atoms with E-state index in [1.165, 1.54) is 7.11 Å². The van der Waals surface area contributed by atoms with Gasteiger partial charge < -0.3 is 15.2 Å². The van der Waals surface area contributed by atoms with E-state index in [9.17, 15) is 9.59 Å². The normalized spacial score (nSPS) is 22.0. The molecule has 138 valence electrons. The van der Waals surface area contributed by atoms with Crippen molar-refractivity contribution in [3.8, 4) is 0 Å². The molecule has 7 heteroatoms. The Balaban J connectivity index is 2.22. The van der Waals surface area contributed by atoms with Crippen LogP contribution in [0.4, 0.5) is 0 Å². The Bertz CT molecular complexity index is 870. The van der Waals surface area contributed by atoms with Crippen LogP contribution in [0.1, 0.15) is 38.2 Å². The molecule has 26 heavy (non-hydrogen) atoms. The summed E-state index contributed by atoms with van der Waals surface area (Å²) < 4.78 is 10.6. The van der Waals surface area contributed by atoms with Crippen molar-refractivity contribution in [2.75, 3.05) is 7.11 Å². The number of carbonyl (C=O) groups excluding carboxylic acids is 2. The molecule has 0 saturated heterocycles. The third-order valence-electron chi connectivity index (χ3n) is 4.64. The summed E-state index contributed by atoms with van der Waals surface area (Å²) in [5, 5.41) is 0.702. The topological polar surface area (TPSA) is 78.6 Å². The molecular formula is C19H19Cl2NO4. The Morgan fingerprint density at radius 3 is 2.58 bits per heavy atom. The molecule has 1 aromatic rings. The zero-order chi connectivity index (χ0) is 19.2. The number of esters is 1. The zero-order valence-electron chi connectivity index (χ0n) is 14.7. The summed E-state index contributed by atoms with van der Waals surface area (Å²) in [7, 11) is 1.25. The van der Waals surface area contributed by atoms with E-state index in [-0.39, 0.29) is 22.7 Å². The van der Waals surface area contributed by atoms with Gasteiger partial charge in [0, 0.05) is 18.4 Å². The molecule has 0 radical (unpaired) electrons. The smallest absolute Gasteiger partial charge is 0.340 e. The molecule has 1 atom stereocenters. The highest BCUT2D eigenvalue weighted by molar-refractivity contribution is 6.42. The van der Waals surface area contributed by atoms with E-state index in [4.69, 9.17) is 38.4 Å². The summed E-state index contributed by atoms with van der Waals surface area (Å²) in [5.41, 5.74) is 6.95. The van der Waals surface area contributed by atoms with E-state index >= 15 is 0 Å². The Morgan fingerprint density at radius 2 is 1.96 bits per heavy atom. The molecule has 1 heterocycles. The van der Waals surface area contributed by atoms with Crippen molar-refractivity contribution in [3.05, 3.63) is 56.6 Å². The fourth-order valence-electron chi connectivity index (χ4n) is 3.52. The van der Waals surface area contributed by atoms with Gasteiger partial charge in [-0.15, -0.1) is 0 Å². The second-order valence-electron chi connectivity index (χ2n) is 7.26. The number of rotatable bonds is 2. The number of carbonyl (C=O) groups is 2. The number of methoxy groups -OCH3 is 1. The summed E-state index contributed by atoms with van der Waals surface area (Å²) >= 11 is 12.2. The molecule has 0 bridgehead atoms. The minimum atomic E-state index is -0.704. The second kappa shape index (κ2) is 6.63. The Hall–Kier alpha value is -1.98. The van der Waals surface area contributed by atoms with E-state index in [1.54, 1.807) is 18.2 Å². The van der Waals surface area contributed by atoms with E-state index < -0.39 is 11.9 Å². The monoisotopic (exact) mass is 395 g/mol. The van der Waals surface area contributed by atoms with Crippen LogP contribution in [0.2, 0.25) is 10.0 Å². The van der Waals surface area contributed by atoms with Gasteiger partial charge in [0.05, 0.1) is 23.1 Å². The van der Waals surface area contributed by atoms with E-state index in [0.29, 0.717) is 39.8 Å². The second-order valence-corrected chi connectivity index (χ2v) is 8.07. The number of allylic oxidation sites excluding steroid dienone is 2. The van der Waals surface area contributed by atoms with Gasteiger partial charge in [0.1, 0.15) is 11.3 Å². The summed E-state index contributed by atoms with van der Waals surface area (Å²) in [6.07, 6.45) is 0.891. The minimum Gasteiger partial charge on any atom is -0.465 e. The molecule has 1 unspecified atom stereocenters. The summed E-state index contributed by atoms with van der Waals surface area (Å²) in [6, 6.07) is 4.98. The Kier molecular flexibility index (Phi) is 4.80. The van der Waals surface area contributed by atoms with Crippen LogP contribution in [-0.4, -0.2) is 18.9 Å². The van der Waals surface area contributed by atoms with Crippen molar-refractivity contribution in [2.45, 2.75) is 32.6 Å². The molecule has 5 nitrogen and oxygen atoms in total. The fourth-order valence-corrected chi connectivity index (χ4v) is 3.83. The Morgan fingerprint density at radius 1 is 1.27 bits per heavy atom. The molecule has 0 fully saturated rings. The van der Waals surface area contributed by atoms with Gasteiger partial charge in [0.2, 0.25) is 5.88 Å². The number of benzene rings is 1. The maximum atomic E-state index is 12.9. The largest absolute Gasteiger partial charge is 0.465 e. The molecule has 0 aromatic heterocycles. The summed E-state index contributed by atoms with van der Waals surface area (Å²) in [4.78, 5) is 25.3. The molecule has 2 aliphatic rings. The lowest BCUT2D eigenvalue weighted by molar-refractivity contribution is -0.136. The van der Waals surface area contributed by atoms with Gasteiger partial charge in [-0.05, 0) is 23.1 Å². The highest BCUT2D eigenvalue weighted by Gasteiger charge is 2.45. The predicted molar refractivity (Wildman–Crippen MR) is 98.6 cm³/mol. The average Bonchev–Trinajstić information content (AvgIpc) is 2.54. The van der Waals surface area contributed by atoms with Crippen molar-refractivity contribution in [2.24, 2.45) is 11.1 Å². The highest BCUT2D eigenvalue weighted by Crippen LogP contribution is 2.48. The van der Waals surface area contributed by atoms with Crippen LogP contribution in [0.5, 0.6) is 0 Å². The molecule has 0 amide bonds. The van der Waals surface area contributed by atoms with Gasteiger partial charge in [-0.1, -0.05) is 43.1 Å². The van der Waals surface area contributed by atoms with Gasteiger partial charge in [0.25, 0.3) is 0 Å². The van der Waals surface area contributed by atoms with Crippen LogP contribution in [0.3, 0.4) is 0 Å². The van der Waals surface area contributed by atoms with Gasteiger partial charge in [-0.25, -0.2) is 4.79 Å². The van der Waals surface area contributed by atoms with Crippen molar-refractivity contribution < 1.29 is 19.1 Å².